The number of hydrogen-bond acceptors (Lipinski definition) is 4. The molecule has 0 fully saturated rings. The van der Waals surface area contributed by atoms with Gasteiger partial charge in [0.1, 0.15) is 5.82 Å². The Morgan fingerprint density at radius 1 is 1.25 bits per heavy atom. The Labute approximate surface area is 112 Å². The highest BCUT2D eigenvalue weighted by atomic mass is 19.4. The van der Waals surface area contributed by atoms with Crippen LogP contribution in [0.1, 0.15) is 5.56 Å². The fourth-order valence-electron chi connectivity index (χ4n) is 1.52. The number of anilines is 1. The fraction of sp³-hybridized carbons (Fsp3) is 0.250. The van der Waals surface area contributed by atoms with Crippen LogP contribution < -0.4 is 10.9 Å². The van der Waals surface area contributed by atoms with Crippen LogP contribution in [0.3, 0.4) is 0 Å². The number of halogens is 3. The zero-order valence-electron chi connectivity index (χ0n) is 10.3. The molecule has 2 heterocycles. The van der Waals surface area contributed by atoms with Gasteiger partial charge in [0, 0.05) is 31.5 Å². The molecule has 0 aromatic carbocycles. The first-order valence-electron chi connectivity index (χ1n) is 5.74. The van der Waals surface area contributed by atoms with Gasteiger partial charge < -0.3 is 5.32 Å². The van der Waals surface area contributed by atoms with E-state index in [1.54, 1.807) is 0 Å². The van der Waals surface area contributed by atoms with Gasteiger partial charge >= 0.3 is 6.18 Å². The minimum absolute atomic E-state index is 0.192. The van der Waals surface area contributed by atoms with Crippen molar-refractivity contribution in [3.63, 3.8) is 0 Å². The van der Waals surface area contributed by atoms with Crippen LogP contribution in [0.2, 0.25) is 0 Å². The Hall–Kier alpha value is -2.38. The van der Waals surface area contributed by atoms with Gasteiger partial charge in [-0.2, -0.15) is 13.2 Å². The maximum Gasteiger partial charge on any atom is 0.417 e. The van der Waals surface area contributed by atoms with Crippen molar-refractivity contribution >= 4 is 5.82 Å². The van der Waals surface area contributed by atoms with Gasteiger partial charge in [-0.25, -0.2) is 9.97 Å². The second-order valence-electron chi connectivity index (χ2n) is 3.97. The first-order valence-corrected chi connectivity index (χ1v) is 5.74. The first-order chi connectivity index (χ1) is 9.47. The van der Waals surface area contributed by atoms with Crippen LogP contribution >= 0.6 is 0 Å². The summed E-state index contributed by atoms with van der Waals surface area (Å²) in [5.74, 6) is 0.315. The van der Waals surface area contributed by atoms with Crippen molar-refractivity contribution in [2.45, 2.75) is 12.7 Å². The van der Waals surface area contributed by atoms with Crippen LogP contribution in [-0.4, -0.2) is 21.1 Å². The monoisotopic (exact) mass is 284 g/mol. The van der Waals surface area contributed by atoms with Gasteiger partial charge in [0.15, 0.2) is 0 Å². The number of nitrogens with one attached hydrogen (secondary N) is 1. The molecule has 2 aromatic heterocycles. The van der Waals surface area contributed by atoms with Crippen molar-refractivity contribution in [2.24, 2.45) is 0 Å². The van der Waals surface area contributed by atoms with Gasteiger partial charge in [0.25, 0.3) is 5.56 Å². The van der Waals surface area contributed by atoms with Crippen molar-refractivity contribution in [2.75, 3.05) is 11.9 Å². The lowest BCUT2D eigenvalue weighted by Gasteiger charge is -2.09. The van der Waals surface area contributed by atoms with Gasteiger partial charge in [-0.1, -0.05) is 0 Å². The fourth-order valence-corrected chi connectivity index (χ4v) is 1.52. The van der Waals surface area contributed by atoms with Gasteiger partial charge in [0.2, 0.25) is 0 Å². The Kier molecular flexibility index (Phi) is 4.02. The van der Waals surface area contributed by atoms with E-state index in [9.17, 15) is 18.0 Å². The zero-order valence-corrected chi connectivity index (χ0v) is 10.3. The molecule has 0 radical (unpaired) electrons. The zero-order chi connectivity index (χ0) is 14.6. The average molecular weight is 284 g/mol. The highest BCUT2D eigenvalue weighted by molar-refractivity contribution is 5.35. The highest BCUT2D eigenvalue weighted by Gasteiger charge is 2.30. The molecule has 0 aliphatic heterocycles. The number of nitrogens with zero attached hydrogens (tertiary/aromatic N) is 3. The van der Waals surface area contributed by atoms with Crippen molar-refractivity contribution in [3.05, 3.63) is 52.8 Å². The summed E-state index contributed by atoms with van der Waals surface area (Å²) in [5, 5.41) is 2.83. The summed E-state index contributed by atoms with van der Waals surface area (Å²) in [6.07, 6.45) is -0.846. The topological polar surface area (TPSA) is 59.8 Å². The summed E-state index contributed by atoms with van der Waals surface area (Å²) < 4.78 is 38.4. The summed E-state index contributed by atoms with van der Waals surface area (Å²) >= 11 is 0. The Morgan fingerprint density at radius 2 is 2.05 bits per heavy atom. The van der Waals surface area contributed by atoms with Gasteiger partial charge in [0.05, 0.1) is 11.9 Å². The lowest BCUT2D eigenvalue weighted by atomic mass is 10.3. The Balaban J connectivity index is 1.92. The second kappa shape index (κ2) is 5.72. The molecule has 0 amide bonds. The Bertz CT molecular complexity index is 622. The third kappa shape index (κ3) is 3.56. The molecule has 0 unspecified atom stereocenters. The number of hydrogen-bond donors (Lipinski definition) is 1. The molecular weight excluding hydrogens is 273 g/mol. The molecule has 0 atom stereocenters. The van der Waals surface area contributed by atoms with Crippen molar-refractivity contribution in [3.8, 4) is 0 Å². The van der Waals surface area contributed by atoms with E-state index in [-0.39, 0.29) is 5.56 Å². The van der Waals surface area contributed by atoms with E-state index >= 15 is 0 Å². The molecule has 106 valence electrons. The number of pyridine rings is 1. The average Bonchev–Trinajstić information content (AvgIpc) is 2.40. The predicted octanol–water partition coefficient (Wildman–Crippen LogP) is 1.77. The third-order valence-electron chi connectivity index (χ3n) is 2.54. The molecule has 0 aliphatic carbocycles. The first kappa shape index (κ1) is 14.0. The van der Waals surface area contributed by atoms with E-state index in [1.807, 2.05) is 0 Å². The molecule has 0 saturated carbocycles. The second-order valence-corrected chi connectivity index (χ2v) is 3.97. The molecular formula is C12H11F3N4O. The normalized spacial score (nSPS) is 11.3. The summed E-state index contributed by atoms with van der Waals surface area (Å²) in [6.45, 7) is 0.694. The highest BCUT2D eigenvalue weighted by Crippen LogP contribution is 2.28. The van der Waals surface area contributed by atoms with Gasteiger partial charge in [-0.05, 0) is 12.1 Å². The van der Waals surface area contributed by atoms with Crippen LogP contribution in [0.4, 0.5) is 19.0 Å². The van der Waals surface area contributed by atoms with Crippen LogP contribution in [0.25, 0.3) is 0 Å². The van der Waals surface area contributed by atoms with Crippen molar-refractivity contribution in [1.29, 1.82) is 0 Å². The maximum atomic E-state index is 12.3. The van der Waals surface area contributed by atoms with E-state index in [1.165, 1.54) is 29.2 Å². The van der Waals surface area contributed by atoms with Crippen molar-refractivity contribution in [1.82, 2.24) is 14.5 Å². The number of aromatic nitrogens is 3. The number of rotatable bonds is 4. The van der Waals surface area contributed by atoms with E-state index in [4.69, 9.17) is 0 Å². The minimum atomic E-state index is -4.39. The summed E-state index contributed by atoms with van der Waals surface area (Å²) in [4.78, 5) is 18.8. The van der Waals surface area contributed by atoms with Crippen LogP contribution in [0.5, 0.6) is 0 Å². The predicted molar refractivity (Wildman–Crippen MR) is 66.2 cm³/mol. The van der Waals surface area contributed by atoms with E-state index < -0.39 is 11.7 Å². The third-order valence-corrected chi connectivity index (χ3v) is 2.54. The molecule has 0 bridgehead atoms. The number of alkyl halides is 3. The SMILES string of the molecule is O=c1ccncn1CCNc1ccc(C(F)(F)F)cn1. The lowest BCUT2D eigenvalue weighted by molar-refractivity contribution is -0.137. The Morgan fingerprint density at radius 3 is 2.65 bits per heavy atom. The molecule has 8 heteroatoms. The minimum Gasteiger partial charge on any atom is -0.368 e. The molecule has 0 aliphatic rings. The summed E-state index contributed by atoms with van der Waals surface area (Å²) in [5.41, 5.74) is -0.992. The molecule has 5 nitrogen and oxygen atoms in total. The molecule has 0 spiro atoms. The summed E-state index contributed by atoms with van der Waals surface area (Å²) in [7, 11) is 0. The molecule has 0 saturated heterocycles. The van der Waals surface area contributed by atoms with Gasteiger partial charge in [-0.15, -0.1) is 0 Å². The largest absolute Gasteiger partial charge is 0.417 e. The van der Waals surface area contributed by atoms with E-state index in [2.05, 4.69) is 15.3 Å². The maximum absolute atomic E-state index is 12.3. The lowest BCUT2D eigenvalue weighted by Crippen LogP contribution is -2.23. The smallest absolute Gasteiger partial charge is 0.368 e. The van der Waals surface area contributed by atoms with Crippen LogP contribution in [-0.2, 0) is 12.7 Å². The van der Waals surface area contributed by atoms with Crippen LogP contribution in [0, 0.1) is 0 Å². The molecule has 2 rings (SSSR count). The standard InChI is InChI=1S/C12H11F3N4O/c13-12(14,15)9-1-2-10(18-7-9)17-5-6-19-8-16-4-3-11(19)20/h1-4,7-8H,5-6H2,(H,17,18). The molecule has 1 N–H and O–H groups in total. The molecule has 20 heavy (non-hydrogen) atoms. The quantitative estimate of drug-likeness (QED) is 0.929. The summed E-state index contributed by atoms with van der Waals surface area (Å²) in [6, 6.07) is 3.52. The van der Waals surface area contributed by atoms with E-state index in [0.29, 0.717) is 18.9 Å². The van der Waals surface area contributed by atoms with Crippen LogP contribution in [0.15, 0.2) is 41.7 Å². The molecule has 2 aromatic rings. The van der Waals surface area contributed by atoms with Crippen molar-refractivity contribution < 1.29 is 13.2 Å². The van der Waals surface area contributed by atoms with Gasteiger partial charge in [-0.3, -0.25) is 9.36 Å². The van der Waals surface area contributed by atoms with E-state index in [0.717, 1.165) is 12.3 Å².